The number of carboxylic acid groups (broad SMARTS) is 1. The van der Waals surface area contributed by atoms with Gasteiger partial charge in [-0.2, -0.15) is 0 Å². The number of nitrogens with zero attached hydrogens (tertiary/aromatic N) is 1. The summed E-state index contributed by atoms with van der Waals surface area (Å²) in [5.74, 6) is -0.377. The third-order valence-corrected chi connectivity index (χ3v) is 2.24. The first-order valence-electron chi connectivity index (χ1n) is 4.82. The fourth-order valence-electron chi connectivity index (χ4n) is 1.57. The summed E-state index contributed by atoms with van der Waals surface area (Å²) in [5, 5.41) is 8.85. The number of aryl methyl sites for hydroxylation is 1. The molecule has 88 valence electrons. The van der Waals surface area contributed by atoms with E-state index in [0.29, 0.717) is 23.6 Å². The molecule has 0 saturated carbocycles. The highest BCUT2D eigenvalue weighted by atomic mass is 16.5. The molecule has 0 radical (unpaired) electrons. The van der Waals surface area contributed by atoms with Crippen LogP contribution in [0, 0.1) is 6.92 Å². The highest BCUT2D eigenvalue weighted by molar-refractivity contribution is 5.72. The number of pyridine rings is 1. The van der Waals surface area contributed by atoms with Gasteiger partial charge in [-0.1, -0.05) is 0 Å². The van der Waals surface area contributed by atoms with Crippen molar-refractivity contribution < 1.29 is 19.4 Å². The van der Waals surface area contributed by atoms with E-state index in [9.17, 15) is 4.79 Å². The van der Waals surface area contributed by atoms with Gasteiger partial charge in [-0.3, -0.25) is 9.78 Å². The van der Waals surface area contributed by atoms with Crippen LogP contribution in [0.1, 0.15) is 16.8 Å². The number of aromatic nitrogens is 1. The van der Waals surface area contributed by atoms with Gasteiger partial charge in [0.05, 0.1) is 25.8 Å². The zero-order valence-corrected chi connectivity index (χ0v) is 9.61. The summed E-state index contributed by atoms with van der Waals surface area (Å²) in [6, 6.07) is 0. The monoisotopic (exact) mass is 225 g/mol. The highest BCUT2D eigenvalue weighted by Gasteiger charge is 2.15. The average molecular weight is 225 g/mol. The van der Waals surface area contributed by atoms with Gasteiger partial charge in [0.1, 0.15) is 5.75 Å². The lowest BCUT2D eigenvalue weighted by atomic mass is 10.0. The molecule has 1 aromatic rings. The molecule has 0 aliphatic rings. The standard InChI is InChI=1S/C11H15NO4/c1-7-11(16-3)9(4-10(13)14)8(5-12-7)6-15-2/h5H,4,6H2,1-3H3,(H,13,14). The minimum absolute atomic E-state index is 0.0920. The molecule has 5 nitrogen and oxygen atoms in total. The number of carboxylic acids is 1. The van der Waals surface area contributed by atoms with Crippen molar-refractivity contribution in [3.8, 4) is 5.75 Å². The van der Waals surface area contributed by atoms with E-state index in [2.05, 4.69) is 4.98 Å². The third-order valence-electron chi connectivity index (χ3n) is 2.24. The Balaban J connectivity index is 3.22. The molecule has 0 amide bonds. The summed E-state index contributed by atoms with van der Waals surface area (Å²) >= 11 is 0. The van der Waals surface area contributed by atoms with E-state index >= 15 is 0 Å². The summed E-state index contributed by atoms with van der Waals surface area (Å²) in [4.78, 5) is 14.9. The minimum Gasteiger partial charge on any atom is -0.495 e. The molecule has 0 bridgehead atoms. The molecule has 0 saturated heterocycles. The molecule has 0 aliphatic carbocycles. The Morgan fingerprint density at radius 3 is 2.69 bits per heavy atom. The van der Waals surface area contributed by atoms with Crippen molar-refractivity contribution in [3.63, 3.8) is 0 Å². The number of hydrogen-bond donors (Lipinski definition) is 1. The van der Waals surface area contributed by atoms with Gasteiger partial charge in [-0.15, -0.1) is 0 Å². The van der Waals surface area contributed by atoms with E-state index in [4.69, 9.17) is 14.6 Å². The molecule has 16 heavy (non-hydrogen) atoms. The predicted octanol–water partition coefficient (Wildman–Crippen LogP) is 1.17. The number of rotatable bonds is 5. The average Bonchev–Trinajstić information content (AvgIpc) is 2.22. The first kappa shape index (κ1) is 12.4. The van der Waals surface area contributed by atoms with Crippen LogP contribution in [0.3, 0.4) is 0 Å². The second kappa shape index (κ2) is 5.46. The van der Waals surface area contributed by atoms with Gasteiger partial charge in [-0.25, -0.2) is 0 Å². The molecule has 1 aromatic heterocycles. The van der Waals surface area contributed by atoms with E-state index in [-0.39, 0.29) is 6.42 Å². The molecule has 0 atom stereocenters. The van der Waals surface area contributed by atoms with Gasteiger partial charge in [0.2, 0.25) is 0 Å². The number of ether oxygens (including phenoxy) is 2. The van der Waals surface area contributed by atoms with Crippen LogP contribution in [0.25, 0.3) is 0 Å². The van der Waals surface area contributed by atoms with E-state index < -0.39 is 5.97 Å². The highest BCUT2D eigenvalue weighted by Crippen LogP contribution is 2.25. The molecule has 1 N–H and O–H groups in total. The summed E-state index contributed by atoms with van der Waals surface area (Å²) < 4.78 is 10.2. The number of carbonyl (C=O) groups is 1. The van der Waals surface area contributed by atoms with Gasteiger partial charge >= 0.3 is 5.97 Å². The van der Waals surface area contributed by atoms with Crippen LogP contribution in [-0.2, 0) is 22.6 Å². The van der Waals surface area contributed by atoms with Crippen molar-refractivity contribution in [2.45, 2.75) is 20.0 Å². The van der Waals surface area contributed by atoms with Crippen LogP contribution < -0.4 is 4.74 Å². The van der Waals surface area contributed by atoms with E-state index in [0.717, 1.165) is 5.56 Å². The first-order chi connectivity index (χ1) is 7.60. The predicted molar refractivity (Wildman–Crippen MR) is 57.6 cm³/mol. The fourth-order valence-corrected chi connectivity index (χ4v) is 1.57. The zero-order chi connectivity index (χ0) is 12.1. The lowest BCUT2D eigenvalue weighted by molar-refractivity contribution is -0.136. The number of methoxy groups -OCH3 is 2. The number of hydrogen-bond acceptors (Lipinski definition) is 4. The number of aliphatic carboxylic acids is 1. The summed E-state index contributed by atoms with van der Waals surface area (Å²) in [6.07, 6.45) is 1.53. The molecule has 0 aromatic carbocycles. The second-order valence-corrected chi connectivity index (χ2v) is 3.38. The van der Waals surface area contributed by atoms with Crippen LogP contribution in [-0.4, -0.2) is 30.3 Å². The summed E-state index contributed by atoms with van der Waals surface area (Å²) in [7, 11) is 3.06. The van der Waals surface area contributed by atoms with Gasteiger partial charge in [0, 0.05) is 24.4 Å². The maximum Gasteiger partial charge on any atom is 0.307 e. The molecular formula is C11H15NO4. The van der Waals surface area contributed by atoms with E-state index in [1.165, 1.54) is 7.11 Å². The normalized spacial score (nSPS) is 10.2. The lowest BCUT2D eigenvalue weighted by Gasteiger charge is -2.13. The van der Waals surface area contributed by atoms with Crippen LogP contribution in [0.15, 0.2) is 6.20 Å². The largest absolute Gasteiger partial charge is 0.495 e. The van der Waals surface area contributed by atoms with E-state index in [1.54, 1.807) is 20.2 Å². The SMILES string of the molecule is COCc1cnc(C)c(OC)c1CC(=O)O. The Bertz CT molecular complexity index is 390. The quantitative estimate of drug-likeness (QED) is 0.814. The van der Waals surface area contributed by atoms with Crippen molar-refractivity contribution in [1.29, 1.82) is 0 Å². The molecule has 0 spiro atoms. The van der Waals surface area contributed by atoms with E-state index in [1.807, 2.05) is 0 Å². The smallest absolute Gasteiger partial charge is 0.307 e. The van der Waals surface area contributed by atoms with Crippen molar-refractivity contribution in [2.24, 2.45) is 0 Å². The van der Waals surface area contributed by atoms with Crippen LogP contribution >= 0.6 is 0 Å². The van der Waals surface area contributed by atoms with Gasteiger partial charge < -0.3 is 14.6 Å². The maximum absolute atomic E-state index is 10.8. The molecule has 1 rings (SSSR count). The second-order valence-electron chi connectivity index (χ2n) is 3.38. The zero-order valence-electron chi connectivity index (χ0n) is 9.61. The first-order valence-corrected chi connectivity index (χ1v) is 4.82. The molecule has 0 aliphatic heterocycles. The lowest BCUT2D eigenvalue weighted by Crippen LogP contribution is -2.08. The Morgan fingerprint density at radius 1 is 1.50 bits per heavy atom. The fraction of sp³-hybridized carbons (Fsp3) is 0.455. The molecule has 0 unspecified atom stereocenters. The Morgan fingerprint density at radius 2 is 2.19 bits per heavy atom. The molecular weight excluding hydrogens is 210 g/mol. The molecule has 0 fully saturated rings. The van der Waals surface area contributed by atoms with Gasteiger partial charge in [0.25, 0.3) is 0 Å². The molecule has 1 heterocycles. The van der Waals surface area contributed by atoms with Crippen LogP contribution in [0.4, 0.5) is 0 Å². The van der Waals surface area contributed by atoms with Crippen molar-refractivity contribution in [1.82, 2.24) is 4.98 Å². The summed E-state index contributed by atoms with van der Waals surface area (Å²) in [5.41, 5.74) is 2.05. The van der Waals surface area contributed by atoms with Crippen molar-refractivity contribution >= 4 is 5.97 Å². The summed E-state index contributed by atoms with van der Waals surface area (Å²) in [6.45, 7) is 2.10. The van der Waals surface area contributed by atoms with Crippen molar-refractivity contribution in [2.75, 3.05) is 14.2 Å². The van der Waals surface area contributed by atoms with Crippen molar-refractivity contribution in [3.05, 3.63) is 23.0 Å². The maximum atomic E-state index is 10.8. The Kier molecular flexibility index (Phi) is 4.25. The topological polar surface area (TPSA) is 68.7 Å². The van der Waals surface area contributed by atoms with Crippen LogP contribution in [0.5, 0.6) is 5.75 Å². The third kappa shape index (κ3) is 2.70. The Labute approximate surface area is 94.0 Å². The van der Waals surface area contributed by atoms with Gasteiger partial charge in [-0.05, 0) is 6.92 Å². The molecule has 5 heteroatoms. The Hall–Kier alpha value is -1.62. The van der Waals surface area contributed by atoms with Gasteiger partial charge in [0.15, 0.2) is 0 Å². The minimum atomic E-state index is -0.902. The van der Waals surface area contributed by atoms with Crippen LogP contribution in [0.2, 0.25) is 0 Å².